The van der Waals surface area contributed by atoms with Crippen molar-refractivity contribution >= 4 is 29.1 Å². The summed E-state index contributed by atoms with van der Waals surface area (Å²) in [4.78, 5) is 0. The van der Waals surface area contributed by atoms with E-state index in [0.29, 0.717) is 5.92 Å². The van der Waals surface area contributed by atoms with Crippen LogP contribution in [0, 0.1) is 5.92 Å². The first kappa shape index (κ1) is 13.3. The van der Waals surface area contributed by atoms with Gasteiger partial charge in [-0.2, -0.15) is 0 Å². The fourth-order valence-corrected chi connectivity index (χ4v) is 2.59. The van der Waals surface area contributed by atoms with E-state index in [2.05, 4.69) is 45.0 Å². The summed E-state index contributed by atoms with van der Waals surface area (Å²) in [5.41, 5.74) is 2.88. The summed E-state index contributed by atoms with van der Waals surface area (Å²) in [5.74, 6) is 0.700. The third-order valence-corrected chi connectivity index (χ3v) is 5.04. The average Bonchev–Trinajstić information content (AvgIpc) is 2.17. The molecule has 0 N–H and O–H groups in total. The molecule has 3 heteroatoms. The second-order valence-corrected chi connectivity index (χ2v) is 8.27. The van der Waals surface area contributed by atoms with Gasteiger partial charge in [0.2, 0.25) is 0 Å². The minimum Gasteiger partial charge on any atom is -0.0774 e. The van der Waals surface area contributed by atoms with Gasteiger partial charge in [0.15, 0.2) is 0 Å². The molecule has 0 aliphatic carbocycles. The van der Waals surface area contributed by atoms with Crippen LogP contribution in [-0.4, -0.2) is 0 Å². The Hall–Kier alpha value is 0.230. The highest BCUT2D eigenvalue weighted by atomic mass is 35.9. The highest BCUT2D eigenvalue weighted by Gasteiger charge is 2.13. The minimum atomic E-state index is -0.920. The van der Waals surface area contributed by atoms with Gasteiger partial charge in [0.1, 0.15) is 0 Å². The molecule has 0 fully saturated rings. The van der Waals surface area contributed by atoms with Gasteiger partial charge in [0.05, 0.1) is 6.63 Å². The molecule has 0 aliphatic rings. The van der Waals surface area contributed by atoms with E-state index in [1.54, 1.807) is 0 Å². The van der Waals surface area contributed by atoms with Crippen LogP contribution in [0.3, 0.4) is 0 Å². The second-order valence-electron chi connectivity index (χ2n) is 4.27. The first-order valence-electron chi connectivity index (χ1n) is 5.20. The fourth-order valence-electron chi connectivity index (χ4n) is 1.52. The summed E-state index contributed by atoms with van der Waals surface area (Å²) in [7, 11) is 0. The SMILES string of the molecule is CC(C)Cc1ccc(C(C)P(Cl)Cl)cc1. The lowest BCUT2D eigenvalue weighted by Crippen LogP contribution is -1.94. The Morgan fingerprint density at radius 3 is 2.00 bits per heavy atom. The van der Waals surface area contributed by atoms with Gasteiger partial charge in [0.25, 0.3) is 0 Å². The summed E-state index contributed by atoms with van der Waals surface area (Å²) < 4.78 is 0. The first-order valence-corrected chi connectivity index (χ1v) is 8.42. The number of rotatable bonds is 4. The van der Waals surface area contributed by atoms with Crippen LogP contribution in [-0.2, 0) is 6.42 Å². The van der Waals surface area contributed by atoms with E-state index in [-0.39, 0.29) is 5.66 Å². The number of hydrogen-bond donors (Lipinski definition) is 0. The molecule has 15 heavy (non-hydrogen) atoms. The van der Waals surface area contributed by atoms with Gasteiger partial charge in [-0.1, -0.05) is 67.5 Å². The van der Waals surface area contributed by atoms with Gasteiger partial charge in [-0.15, -0.1) is 0 Å². The average molecular weight is 263 g/mol. The Labute approximate surface area is 103 Å². The van der Waals surface area contributed by atoms with Gasteiger partial charge < -0.3 is 0 Å². The smallest absolute Gasteiger partial charge is 0.0774 e. The van der Waals surface area contributed by atoms with E-state index in [9.17, 15) is 0 Å². The molecule has 1 rings (SSSR count). The van der Waals surface area contributed by atoms with Crippen molar-refractivity contribution in [2.45, 2.75) is 32.9 Å². The molecule has 0 aliphatic heterocycles. The van der Waals surface area contributed by atoms with Crippen LogP contribution in [0.5, 0.6) is 0 Å². The second kappa shape index (κ2) is 6.09. The topological polar surface area (TPSA) is 0 Å². The molecule has 1 unspecified atom stereocenters. The van der Waals surface area contributed by atoms with Crippen LogP contribution in [0.15, 0.2) is 24.3 Å². The van der Waals surface area contributed by atoms with Crippen molar-refractivity contribution in [2.24, 2.45) is 5.92 Å². The van der Waals surface area contributed by atoms with Crippen molar-refractivity contribution in [1.29, 1.82) is 0 Å². The molecular weight excluding hydrogens is 246 g/mol. The molecular formula is C12H17Cl2P. The van der Waals surface area contributed by atoms with Crippen LogP contribution >= 0.6 is 29.1 Å². The number of benzene rings is 1. The van der Waals surface area contributed by atoms with Gasteiger partial charge in [-0.25, -0.2) is 0 Å². The molecule has 84 valence electrons. The summed E-state index contributed by atoms with van der Waals surface area (Å²) in [6, 6.07) is 8.64. The Morgan fingerprint density at radius 1 is 1.07 bits per heavy atom. The first-order chi connectivity index (χ1) is 7.00. The molecule has 0 amide bonds. The van der Waals surface area contributed by atoms with Crippen LogP contribution < -0.4 is 0 Å². The fraction of sp³-hybridized carbons (Fsp3) is 0.500. The molecule has 0 radical (unpaired) electrons. The lowest BCUT2D eigenvalue weighted by Gasteiger charge is -2.13. The molecule has 0 bridgehead atoms. The maximum Gasteiger partial charge on any atom is 0.0927 e. The highest BCUT2D eigenvalue weighted by molar-refractivity contribution is 8.04. The van der Waals surface area contributed by atoms with E-state index in [0.717, 1.165) is 6.42 Å². The zero-order valence-corrected chi connectivity index (χ0v) is 11.8. The maximum atomic E-state index is 5.92. The summed E-state index contributed by atoms with van der Waals surface area (Å²) in [5, 5.41) is 0. The van der Waals surface area contributed by atoms with Crippen LogP contribution in [0.2, 0.25) is 0 Å². The molecule has 1 atom stereocenters. The van der Waals surface area contributed by atoms with Crippen molar-refractivity contribution in [2.75, 3.05) is 0 Å². The largest absolute Gasteiger partial charge is 0.0927 e. The van der Waals surface area contributed by atoms with E-state index in [1.807, 2.05) is 0 Å². The standard InChI is InChI=1S/C12H17Cl2P/c1-9(2)8-11-4-6-12(7-5-11)10(3)15(13)14/h4-7,9-10H,8H2,1-3H3. The minimum absolute atomic E-state index is 0.261. The molecule has 0 spiro atoms. The van der Waals surface area contributed by atoms with Crippen molar-refractivity contribution in [1.82, 2.24) is 0 Å². The van der Waals surface area contributed by atoms with Gasteiger partial charge in [-0.3, -0.25) is 0 Å². The van der Waals surface area contributed by atoms with E-state index >= 15 is 0 Å². The quantitative estimate of drug-likeness (QED) is 0.608. The zero-order chi connectivity index (χ0) is 11.4. The monoisotopic (exact) mass is 262 g/mol. The summed E-state index contributed by atoms with van der Waals surface area (Å²) in [6.45, 7) is 5.61. The lowest BCUT2D eigenvalue weighted by atomic mass is 10.0. The lowest BCUT2D eigenvalue weighted by molar-refractivity contribution is 0.647. The molecule has 0 saturated carbocycles. The Balaban J connectivity index is 2.72. The molecule has 0 heterocycles. The van der Waals surface area contributed by atoms with E-state index in [4.69, 9.17) is 22.5 Å². The van der Waals surface area contributed by atoms with Crippen molar-refractivity contribution in [3.05, 3.63) is 35.4 Å². The van der Waals surface area contributed by atoms with E-state index < -0.39 is 6.63 Å². The predicted octanol–water partition coefficient (Wildman–Crippen LogP) is 5.74. The summed E-state index contributed by atoms with van der Waals surface area (Å²) >= 11 is 11.8. The molecule has 0 nitrogen and oxygen atoms in total. The van der Waals surface area contributed by atoms with Gasteiger partial charge >= 0.3 is 0 Å². The van der Waals surface area contributed by atoms with E-state index in [1.165, 1.54) is 11.1 Å². The predicted molar refractivity (Wildman–Crippen MR) is 72.0 cm³/mol. The Morgan fingerprint density at radius 2 is 1.60 bits per heavy atom. The normalized spacial score (nSPS) is 13.5. The third-order valence-electron chi connectivity index (χ3n) is 2.40. The maximum absolute atomic E-state index is 5.92. The summed E-state index contributed by atoms with van der Waals surface area (Å²) in [6.07, 6.45) is 1.13. The zero-order valence-electron chi connectivity index (χ0n) is 9.37. The number of halogens is 2. The Bertz CT molecular complexity index is 293. The molecule has 1 aromatic rings. The van der Waals surface area contributed by atoms with Crippen molar-refractivity contribution in [3.8, 4) is 0 Å². The molecule has 0 aromatic heterocycles. The van der Waals surface area contributed by atoms with Crippen LogP contribution in [0.4, 0.5) is 0 Å². The van der Waals surface area contributed by atoms with Gasteiger partial charge in [-0.05, 0) is 23.5 Å². The molecule has 1 aromatic carbocycles. The Kier molecular flexibility index (Phi) is 5.39. The molecule has 0 saturated heterocycles. The van der Waals surface area contributed by atoms with Crippen LogP contribution in [0.25, 0.3) is 0 Å². The van der Waals surface area contributed by atoms with Crippen molar-refractivity contribution in [3.63, 3.8) is 0 Å². The number of hydrogen-bond acceptors (Lipinski definition) is 0. The highest BCUT2D eigenvalue weighted by Crippen LogP contribution is 2.59. The van der Waals surface area contributed by atoms with Crippen LogP contribution in [0.1, 0.15) is 37.6 Å². The van der Waals surface area contributed by atoms with Crippen molar-refractivity contribution < 1.29 is 0 Å². The third kappa shape index (κ3) is 4.31. The van der Waals surface area contributed by atoms with Gasteiger partial charge in [0, 0.05) is 5.66 Å².